The lowest BCUT2D eigenvalue weighted by Crippen LogP contribution is -2.06. The molecule has 0 unspecified atom stereocenters. The molecule has 1 aromatic heterocycles. The average Bonchev–Trinajstić information content (AvgIpc) is 3.23. The molecule has 0 fully saturated rings. The molecule has 0 aliphatic rings. The highest BCUT2D eigenvalue weighted by molar-refractivity contribution is 7.22. The molecule has 0 saturated heterocycles. The molecule has 164 valence electrons. The van der Waals surface area contributed by atoms with Crippen LogP contribution >= 0.6 is 22.9 Å². The van der Waals surface area contributed by atoms with Crippen LogP contribution in [0, 0.1) is 0 Å². The van der Waals surface area contributed by atoms with E-state index in [9.17, 15) is 0 Å². The summed E-state index contributed by atoms with van der Waals surface area (Å²) >= 11 is 7.64. The highest BCUT2D eigenvalue weighted by Crippen LogP contribution is 2.28. The number of ether oxygens (including phenoxy) is 3. The topological polar surface area (TPSA) is 65.0 Å². The maximum atomic E-state index is 6.09. The highest BCUT2D eigenvalue weighted by Gasteiger charge is 2.06. The quantitative estimate of drug-likeness (QED) is 0.169. The van der Waals surface area contributed by atoms with Gasteiger partial charge in [0.15, 0.2) is 11.5 Å². The summed E-state index contributed by atoms with van der Waals surface area (Å²) in [5.74, 6) is 1.98. The molecule has 4 rings (SSSR count). The minimum Gasteiger partial charge on any atom is -0.493 e. The second-order valence-electron chi connectivity index (χ2n) is 6.75. The van der Waals surface area contributed by atoms with Gasteiger partial charge in [-0.25, -0.2) is 4.98 Å². The number of halogens is 1. The molecule has 1 heterocycles. The van der Waals surface area contributed by atoms with E-state index in [2.05, 4.69) is 15.5 Å². The number of rotatable bonds is 10. The second-order valence-corrected chi connectivity index (χ2v) is 8.19. The van der Waals surface area contributed by atoms with Gasteiger partial charge in [-0.3, -0.25) is 5.43 Å². The molecule has 0 bridgehead atoms. The van der Waals surface area contributed by atoms with Crippen LogP contribution < -0.4 is 19.6 Å². The van der Waals surface area contributed by atoms with E-state index in [1.807, 2.05) is 60.7 Å². The molecule has 0 aliphatic carbocycles. The van der Waals surface area contributed by atoms with Gasteiger partial charge in [0.1, 0.15) is 5.75 Å². The number of hydrazone groups is 1. The van der Waals surface area contributed by atoms with Crippen molar-refractivity contribution in [2.75, 3.05) is 25.7 Å². The first-order valence-corrected chi connectivity index (χ1v) is 11.3. The number of hydrogen-bond acceptors (Lipinski definition) is 7. The van der Waals surface area contributed by atoms with E-state index < -0.39 is 0 Å². The van der Waals surface area contributed by atoms with Gasteiger partial charge < -0.3 is 14.2 Å². The number of nitrogens with one attached hydrogen (secondary N) is 1. The highest BCUT2D eigenvalue weighted by atomic mass is 35.5. The zero-order valence-corrected chi connectivity index (χ0v) is 19.0. The van der Waals surface area contributed by atoms with Crippen molar-refractivity contribution in [3.63, 3.8) is 0 Å². The third kappa shape index (κ3) is 5.69. The number of benzene rings is 3. The first-order valence-electron chi connectivity index (χ1n) is 10.1. The smallest absolute Gasteiger partial charge is 0.204 e. The lowest BCUT2D eigenvalue weighted by atomic mass is 10.2. The van der Waals surface area contributed by atoms with E-state index in [0.717, 1.165) is 20.9 Å². The van der Waals surface area contributed by atoms with E-state index in [1.54, 1.807) is 30.7 Å². The summed E-state index contributed by atoms with van der Waals surface area (Å²) in [6.45, 7) is 1.00. The molecule has 0 amide bonds. The monoisotopic (exact) mass is 467 g/mol. The molecule has 0 radical (unpaired) electrons. The van der Waals surface area contributed by atoms with Crippen molar-refractivity contribution in [2.45, 2.75) is 6.42 Å². The Kier molecular flexibility index (Phi) is 7.42. The van der Waals surface area contributed by atoms with Crippen LogP contribution in [0.2, 0.25) is 5.02 Å². The summed E-state index contributed by atoms with van der Waals surface area (Å²) < 4.78 is 18.1. The molecule has 4 aromatic rings. The van der Waals surface area contributed by atoms with Gasteiger partial charge in [-0.05, 0) is 48.0 Å². The normalized spacial score (nSPS) is 11.1. The largest absolute Gasteiger partial charge is 0.493 e. The fourth-order valence-electron chi connectivity index (χ4n) is 2.95. The Morgan fingerprint density at radius 3 is 2.56 bits per heavy atom. The van der Waals surface area contributed by atoms with E-state index in [0.29, 0.717) is 41.9 Å². The van der Waals surface area contributed by atoms with Crippen molar-refractivity contribution in [2.24, 2.45) is 5.10 Å². The third-order valence-electron chi connectivity index (χ3n) is 4.50. The first kappa shape index (κ1) is 21.9. The van der Waals surface area contributed by atoms with Gasteiger partial charge in [-0.2, -0.15) is 5.10 Å². The van der Waals surface area contributed by atoms with Crippen LogP contribution in [0.4, 0.5) is 5.13 Å². The third-order valence-corrected chi connectivity index (χ3v) is 5.75. The second kappa shape index (κ2) is 10.8. The maximum absolute atomic E-state index is 6.09. The average molecular weight is 468 g/mol. The van der Waals surface area contributed by atoms with E-state index in [4.69, 9.17) is 25.8 Å². The lowest BCUT2D eigenvalue weighted by Gasteiger charge is -2.12. The first-order chi connectivity index (χ1) is 15.7. The van der Waals surface area contributed by atoms with E-state index >= 15 is 0 Å². The van der Waals surface area contributed by atoms with E-state index in [1.165, 1.54) is 0 Å². The van der Waals surface area contributed by atoms with Crippen molar-refractivity contribution < 1.29 is 14.2 Å². The number of thiazole rings is 1. The minimum absolute atomic E-state index is 0.493. The number of fused-ring (bicyclic) bond motifs is 1. The van der Waals surface area contributed by atoms with Crippen LogP contribution in [0.5, 0.6) is 17.2 Å². The van der Waals surface area contributed by atoms with Crippen LogP contribution in [0.15, 0.2) is 71.8 Å². The number of aromatic nitrogens is 1. The molecular weight excluding hydrogens is 446 g/mol. The molecule has 6 nitrogen and oxygen atoms in total. The van der Waals surface area contributed by atoms with Crippen LogP contribution in [0.1, 0.15) is 12.0 Å². The fraction of sp³-hybridized carbons (Fsp3) is 0.167. The number of hydrogen-bond donors (Lipinski definition) is 1. The van der Waals surface area contributed by atoms with Crippen molar-refractivity contribution in [3.05, 3.63) is 77.3 Å². The molecule has 0 aliphatic heterocycles. The standard InChI is InChI=1S/C24H22ClN3O3S/c1-29-22-15-17(16-26-28-24-27-19-8-3-5-10-23(19)32-24)11-12-21(22)31-14-6-13-30-20-9-4-2-7-18(20)25/h2-5,7-12,15-16H,6,13-14H2,1H3,(H,27,28)/b26-16-. The number of para-hydroxylation sites is 2. The summed E-state index contributed by atoms with van der Waals surface area (Å²) in [5, 5.41) is 5.63. The molecule has 0 saturated carbocycles. The van der Waals surface area contributed by atoms with Crippen LogP contribution in [-0.2, 0) is 0 Å². The summed E-state index contributed by atoms with van der Waals surface area (Å²) in [5.41, 5.74) is 4.82. The summed E-state index contributed by atoms with van der Waals surface area (Å²) in [6, 6.07) is 21.1. The predicted molar refractivity (Wildman–Crippen MR) is 131 cm³/mol. The molecule has 8 heteroatoms. The molecule has 1 N–H and O–H groups in total. The molecule has 0 spiro atoms. The molecule has 3 aromatic carbocycles. The molecule has 32 heavy (non-hydrogen) atoms. The summed E-state index contributed by atoms with van der Waals surface area (Å²) in [6.07, 6.45) is 2.43. The molecule has 0 atom stereocenters. The van der Waals surface area contributed by atoms with Crippen molar-refractivity contribution in [1.29, 1.82) is 0 Å². The van der Waals surface area contributed by atoms with Gasteiger partial charge in [-0.1, -0.05) is 47.2 Å². The van der Waals surface area contributed by atoms with Crippen LogP contribution in [0.3, 0.4) is 0 Å². The number of methoxy groups -OCH3 is 1. The summed E-state index contributed by atoms with van der Waals surface area (Å²) in [4.78, 5) is 4.50. The fourth-order valence-corrected chi connectivity index (χ4v) is 3.96. The Hall–Kier alpha value is -3.29. The van der Waals surface area contributed by atoms with Crippen molar-refractivity contribution >= 4 is 44.5 Å². The van der Waals surface area contributed by atoms with Crippen molar-refractivity contribution in [3.8, 4) is 17.2 Å². The van der Waals surface area contributed by atoms with E-state index in [-0.39, 0.29) is 0 Å². The SMILES string of the molecule is COc1cc(/C=N\Nc2nc3ccccc3s2)ccc1OCCCOc1ccccc1Cl. The Bertz CT molecular complexity index is 1180. The number of anilines is 1. The Morgan fingerprint density at radius 1 is 0.969 bits per heavy atom. The Morgan fingerprint density at radius 2 is 1.75 bits per heavy atom. The van der Waals surface area contributed by atoms with Gasteiger partial charge in [0, 0.05) is 6.42 Å². The van der Waals surface area contributed by atoms with Gasteiger partial charge in [0.2, 0.25) is 5.13 Å². The van der Waals surface area contributed by atoms with Gasteiger partial charge in [-0.15, -0.1) is 0 Å². The number of nitrogens with zero attached hydrogens (tertiary/aromatic N) is 2. The van der Waals surface area contributed by atoms with Gasteiger partial charge in [0.05, 0.1) is 41.8 Å². The zero-order valence-electron chi connectivity index (χ0n) is 17.5. The summed E-state index contributed by atoms with van der Waals surface area (Å²) in [7, 11) is 1.61. The van der Waals surface area contributed by atoms with Gasteiger partial charge in [0.25, 0.3) is 0 Å². The van der Waals surface area contributed by atoms with Gasteiger partial charge >= 0.3 is 0 Å². The maximum Gasteiger partial charge on any atom is 0.204 e. The minimum atomic E-state index is 0.493. The zero-order chi connectivity index (χ0) is 22.2. The van der Waals surface area contributed by atoms with Crippen LogP contribution in [-0.4, -0.2) is 31.5 Å². The van der Waals surface area contributed by atoms with Crippen LogP contribution in [0.25, 0.3) is 10.2 Å². The predicted octanol–water partition coefficient (Wildman–Crippen LogP) is 6.25. The molecular formula is C24H22ClN3O3S. The Labute approximate surface area is 195 Å². The Balaban J connectivity index is 1.28. The van der Waals surface area contributed by atoms with Crippen molar-refractivity contribution in [1.82, 2.24) is 4.98 Å². The lowest BCUT2D eigenvalue weighted by molar-refractivity contribution is 0.240.